The molecule has 1 aromatic carbocycles. The van der Waals surface area contributed by atoms with E-state index in [1.54, 1.807) is 12.1 Å². The van der Waals surface area contributed by atoms with E-state index in [2.05, 4.69) is 26.2 Å². The van der Waals surface area contributed by atoms with Crippen molar-refractivity contribution in [1.82, 2.24) is 4.98 Å². The number of primary amides is 1. The Kier molecular flexibility index (Phi) is 5.88. The summed E-state index contributed by atoms with van der Waals surface area (Å²) < 4.78 is 0.302. The number of nitrogens with zero attached hydrogens (tertiary/aromatic N) is 3. The van der Waals surface area contributed by atoms with Gasteiger partial charge in [-0.05, 0) is 53.0 Å². The molecule has 2 amide bonds. The number of nitrogens with one attached hydrogen (secondary N) is 1. The van der Waals surface area contributed by atoms with Crippen LogP contribution in [-0.2, 0) is 4.79 Å². The minimum Gasteiger partial charge on any atom is -0.369 e. The Balaban J connectivity index is 1.69. The number of halogens is 1. The fourth-order valence-corrected chi connectivity index (χ4v) is 3.45. The summed E-state index contributed by atoms with van der Waals surface area (Å²) in [6.45, 7) is 1.31. The van der Waals surface area contributed by atoms with Crippen molar-refractivity contribution in [3.05, 3.63) is 56.7 Å². The molecule has 1 unspecified atom stereocenters. The number of aromatic nitrogens is 1. The highest BCUT2D eigenvalue weighted by molar-refractivity contribution is 9.10. The van der Waals surface area contributed by atoms with E-state index in [1.165, 1.54) is 24.4 Å². The van der Waals surface area contributed by atoms with Gasteiger partial charge in [-0.2, -0.15) is 0 Å². The van der Waals surface area contributed by atoms with Gasteiger partial charge in [-0.25, -0.2) is 4.98 Å². The van der Waals surface area contributed by atoms with Crippen LogP contribution < -0.4 is 16.0 Å². The van der Waals surface area contributed by atoms with Crippen molar-refractivity contribution in [1.29, 1.82) is 0 Å². The smallest absolute Gasteiger partial charge is 0.284 e. The molecule has 0 spiro atoms. The molecule has 10 heteroatoms. The van der Waals surface area contributed by atoms with Crippen molar-refractivity contribution in [2.75, 3.05) is 23.3 Å². The largest absolute Gasteiger partial charge is 0.369 e. The van der Waals surface area contributed by atoms with E-state index >= 15 is 0 Å². The highest BCUT2D eigenvalue weighted by Gasteiger charge is 2.24. The predicted octanol–water partition coefficient (Wildman–Crippen LogP) is 2.71. The van der Waals surface area contributed by atoms with Crippen LogP contribution in [0, 0.1) is 16.0 Å². The number of amides is 2. The molecule has 9 nitrogen and oxygen atoms in total. The van der Waals surface area contributed by atoms with Crippen LogP contribution in [-0.4, -0.2) is 34.8 Å². The number of rotatable bonds is 5. The third kappa shape index (κ3) is 4.45. The summed E-state index contributed by atoms with van der Waals surface area (Å²) >= 11 is 3.09. The molecule has 2 heterocycles. The molecule has 3 rings (SSSR count). The molecule has 2 aromatic rings. The molecule has 1 atom stereocenters. The zero-order valence-electron chi connectivity index (χ0n) is 14.8. The van der Waals surface area contributed by atoms with Crippen molar-refractivity contribution >= 4 is 44.9 Å². The maximum absolute atomic E-state index is 12.4. The molecule has 1 aliphatic heterocycles. The Morgan fingerprint density at radius 1 is 1.32 bits per heavy atom. The molecule has 3 N–H and O–H groups in total. The first-order valence-corrected chi connectivity index (χ1v) is 9.40. The van der Waals surface area contributed by atoms with Crippen LogP contribution in [0.1, 0.15) is 23.2 Å². The van der Waals surface area contributed by atoms with Gasteiger partial charge in [-0.3, -0.25) is 19.7 Å². The third-order valence-electron chi connectivity index (χ3n) is 4.56. The lowest BCUT2D eigenvalue weighted by Crippen LogP contribution is -2.41. The second kappa shape index (κ2) is 8.34. The number of benzene rings is 1. The van der Waals surface area contributed by atoms with Gasteiger partial charge in [0.15, 0.2) is 0 Å². The molecular formula is C18H18BrN5O4. The highest BCUT2D eigenvalue weighted by atomic mass is 79.9. The number of carbonyl (C=O) groups is 2. The second-order valence-corrected chi connectivity index (χ2v) is 7.32. The minimum atomic E-state index is -0.560. The zero-order valence-corrected chi connectivity index (χ0v) is 16.4. The zero-order chi connectivity index (χ0) is 20.3. The van der Waals surface area contributed by atoms with Gasteiger partial charge in [-0.15, -0.1) is 0 Å². The molecule has 1 aliphatic rings. The third-order valence-corrected chi connectivity index (χ3v) is 5.23. The van der Waals surface area contributed by atoms with Crippen LogP contribution in [0.3, 0.4) is 0 Å². The summed E-state index contributed by atoms with van der Waals surface area (Å²) in [4.78, 5) is 40.6. The lowest BCUT2D eigenvalue weighted by Gasteiger charge is -2.32. The number of nitro benzene ring substituents is 1. The van der Waals surface area contributed by atoms with Crippen LogP contribution in [0.5, 0.6) is 0 Å². The summed E-state index contributed by atoms with van der Waals surface area (Å²) in [5.74, 6) is -0.277. The molecule has 0 saturated carbocycles. The molecule has 0 aliphatic carbocycles. The number of nitrogens with two attached hydrogens (primary N) is 1. The van der Waals surface area contributed by atoms with Crippen LogP contribution in [0.4, 0.5) is 17.2 Å². The summed E-state index contributed by atoms with van der Waals surface area (Å²) in [7, 11) is 0. The molecule has 0 bridgehead atoms. The van der Waals surface area contributed by atoms with Gasteiger partial charge in [-0.1, -0.05) is 0 Å². The van der Waals surface area contributed by atoms with Gasteiger partial charge in [0.25, 0.3) is 11.6 Å². The van der Waals surface area contributed by atoms with Gasteiger partial charge >= 0.3 is 0 Å². The van der Waals surface area contributed by atoms with Crippen molar-refractivity contribution < 1.29 is 14.5 Å². The van der Waals surface area contributed by atoms with E-state index < -0.39 is 10.8 Å². The fraction of sp³-hybridized carbons (Fsp3) is 0.278. The van der Waals surface area contributed by atoms with Gasteiger partial charge < -0.3 is 16.0 Å². The van der Waals surface area contributed by atoms with Gasteiger partial charge in [0.2, 0.25) is 5.91 Å². The maximum Gasteiger partial charge on any atom is 0.284 e. The van der Waals surface area contributed by atoms with E-state index in [-0.39, 0.29) is 23.1 Å². The van der Waals surface area contributed by atoms with Crippen LogP contribution in [0.15, 0.2) is 41.0 Å². The maximum atomic E-state index is 12.4. The topological polar surface area (TPSA) is 131 Å². The molecule has 28 heavy (non-hydrogen) atoms. The number of hydrogen-bond donors (Lipinski definition) is 2. The number of piperidine rings is 1. The van der Waals surface area contributed by atoms with Crippen molar-refractivity contribution in [3.63, 3.8) is 0 Å². The Bertz CT molecular complexity index is 919. The first-order valence-electron chi connectivity index (χ1n) is 8.61. The van der Waals surface area contributed by atoms with Gasteiger partial charge in [0, 0.05) is 24.7 Å². The minimum absolute atomic E-state index is 0.166. The highest BCUT2D eigenvalue weighted by Crippen LogP contribution is 2.26. The Labute approximate surface area is 169 Å². The summed E-state index contributed by atoms with van der Waals surface area (Å²) in [6.07, 6.45) is 3.14. The van der Waals surface area contributed by atoms with Gasteiger partial charge in [0.1, 0.15) is 5.82 Å². The Morgan fingerprint density at radius 3 is 2.75 bits per heavy atom. The van der Waals surface area contributed by atoms with E-state index in [4.69, 9.17) is 5.73 Å². The lowest BCUT2D eigenvalue weighted by molar-refractivity contribution is -0.385. The summed E-state index contributed by atoms with van der Waals surface area (Å²) in [6, 6.07) is 7.61. The second-order valence-electron chi connectivity index (χ2n) is 6.47. The SMILES string of the molecule is NC(=O)C1CCCN(c2ccc(NC(=O)c3ccc(Br)c([N+](=O)[O-])c3)cn2)C1. The lowest BCUT2D eigenvalue weighted by atomic mass is 9.97. The monoisotopic (exact) mass is 447 g/mol. The first-order chi connectivity index (χ1) is 13.3. The molecule has 1 aromatic heterocycles. The summed E-state index contributed by atoms with van der Waals surface area (Å²) in [5, 5.41) is 13.7. The van der Waals surface area contributed by atoms with E-state index in [9.17, 15) is 19.7 Å². The molecule has 1 saturated heterocycles. The van der Waals surface area contributed by atoms with Crippen LogP contribution in [0.25, 0.3) is 0 Å². The molecule has 0 radical (unpaired) electrons. The van der Waals surface area contributed by atoms with Gasteiger partial charge in [0.05, 0.1) is 27.2 Å². The Morgan fingerprint density at radius 2 is 2.11 bits per heavy atom. The Hall–Kier alpha value is -3.01. The van der Waals surface area contributed by atoms with E-state index in [0.29, 0.717) is 22.5 Å². The normalized spacial score (nSPS) is 16.5. The first kappa shape index (κ1) is 19.7. The number of hydrogen-bond acceptors (Lipinski definition) is 6. The predicted molar refractivity (Wildman–Crippen MR) is 107 cm³/mol. The fourth-order valence-electron chi connectivity index (χ4n) is 3.06. The molecular weight excluding hydrogens is 430 g/mol. The summed E-state index contributed by atoms with van der Waals surface area (Å²) in [5.41, 5.74) is 5.84. The standard InChI is InChI=1S/C18H18BrN5O4/c19-14-5-3-11(8-15(14)24(27)28)18(26)22-13-4-6-16(21-9-13)23-7-1-2-12(10-23)17(20)25/h3-6,8-9,12H,1-2,7,10H2,(H2,20,25)(H,22,26). The van der Waals surface area contributed by atoms with Crippen molar-refractivity contribution in [2.24, 2.45) is 11.7 Å². The van der Waals surface area contributed by atoms with Crippen LogP contribution >= 0.6 is 15.9 Å². The molecule has 1 fully saturated rings. The average Bonchev–Trinajstić information content (AvgIpc) is 2.68. The number of pyridine rings is 1. The van der Waals surface area contributed by atoms with E-state index in [0.717, 1.165) is 19.4 Å². The quantitative estimate of drug-likeness (QED) is 0.534. The van der Waals surface area contributed by atoms with Crippen LogP contribution in [0.2, 0.25) is 0 Å². The van der Waals surface area contributed by atoms with Crippen molar-refractivity contribution in [3.8, 4) is 0 Å². The van der Waals surface area contributed by atoms with Crippen molar-refractivity contribution in [2.45, 2.75) is 12.8 Å². The average molecular weight is 448 g/mol. The van der Waals surface area contributed by atoms with E-state index in [1.807, 2.05) is 4.90 Å². The molecule has 146 valence electrons. The number of carbonyl (C=O) groups excluding carboxylic acids is 2. The number of anilines is 2. The number of nitro groups is 1.